The average molecular weight is 801 g/mol. The second-order valence-electron chi connectivity index (χ2n) is 16.4. The Balaban J connectivity index is 1.04. The first-order chi connectivity index (χ1) is 31.3. The summed E-state index contributed by atoms with van der Waals surface area (Å²) in [5.74, 6) is 0.707. The summed E-state index contributed by atoms with van der Waals surface area (Å²) in [5, 5.41) is 4.79. The topological polar surface area (TPSA) is 25.8 Å². The van der Waals surface area contributed by atoms with Crippen LogP contribution in [0, 0.1) is 0 Å². The molecule has 1 aliphatic rings. The van der Waals surface area contributed by atoms with Crippen molar-refractivity contribution >= 4 is 21.5 Å². The van der Waals surface area contributed by atoms with E-state index in [2.05, 4.69) is 231 Å². The van der Waals surface area contributed by atoms with Crippen molar-refractivity contribution in [3.63, 3.8) is 0 Å². The van der Waals surface area contributed by atoms with Gasteiger partial charge in [-0.05, 0) is 95.4 Å². The van der Waals surface area contributed by atoms with Crippen molar-refractivity contribution in [2.75, 3.05) is 0 Å². The van der Waals surface area contributed by atoms with Crippen LogP contribution in [0.25, 0.3) is 88.8 Å². The maximum atomic E-state index is 5.22. The molecule has 1 aromatic heterocycles. The first-order valence-corrected chi connectivity index (χ1v) is 21.7. The van der Waals surface area contributed by atoms with Crippen molar-refractivity contribution in [2.45, 2.75) is 5.41 Å². The zero-order valence-corrected chi connectivity index (χ0v) is 34.5. The first-order valence-electron chi connectivity index (χ1n) is 21.7. The van der Waals surface area contributed by atoms with Crippen molar-refractivity contribution in [2.24, 2.45) is 0 Å². The van der Waals surface area contributed by atoms with E-state index in [1.54, 1.807) is 0 Å². The molecule has 10 aromatic carbocycles. The summed E-state index contributed by atoms with van der Waals surface area (Å²) in [5.41, 5.74) is 16.9. The maximum Gasteiger partial charge on any atom is 0.161 e. The Hall–Kier alpha value is -8.20. The van der Waals surface area contributed by atoms with Crippen molar-refractivity contribution < 1.29 is 0 Å². The van der Waals surface area contributed by atoms with Crippen LogP contribution >= 0.6 is 0 Å². The molecular weight excluding hydrogens is 761 g/mol. The highest BCUT2D eigenvalue weighted by Gasteiger charge is 2.47. The second-order valence-corrected chi connectivity index (χ2v) is 16.4. The van der Waals surface area contributed by atoms with Gasteiger partial charge in [0.25, 0.3) is 0 Å². The van der Waals surface area contributed by atoms with Crippen LogP contribution in [0.3, 0.4) is 0 Å². The van der Waals surface area contributed by atoms with Gasteiger partial charge in [0.15, 0.2) is 5.82 Å². The van der Waals surface area contributed by atoms with Crippen molar-refractivity contribution in [3.8, 4) is 67.3 Å². The standard InChI is InChI=1S/C61H40N2/c1-5-20-42(21-6-1)56-40-57(43-22-7-2-8-23-43)63-60(62-56)53-38-37-48(51-31-15-16-32-52(51)53)44-24-17-25-45(39-44)49-33-18-34-55-58(49)54-36-35-41-19-13-14-30-50(41)59(54)61(55,46-26-9-3-10-27-46)47-28-11-4-12-29-47/h1-40H. The highest BCUT2D eigenvalue weighted by Crippen LogP contribution is 2.60. The molecule has 0 spiro atoms. The fourth-order valence-corrected chi connectivity index (χ4v) is 10.2. The van der Waals surface area contributed by atoms with Crippen molar-refractivity contribution in [1.29, 1.82) is 0 Å². The van der Waals surface area contributed by atoms with Crippen molar-refractivity contribution in [1.82, 2.24) is 9.97 Å². The van der Waals surface area contributed by atoms with E-state index in [1.807, 2.05) is 12.1 Å². The quantitative estimate of drug-likeness (QED) is 0.160. The first kappa shape index (κ1) is 36.6. The van der Waals surface area contributed by atoms with Crippen LogP contribution < -0.4 is 0 Å². The van der Waals surface area contributed by atoms with Gasteiger partial charge in [0, 0.05) is 16.7 Å². The van der Waals surface area contributed by atoms with E-state index >= 15 is 0 Å². The minimum atomic E-state index is -0.520. The summed E-state index contributed by atoms with van der Waals surface area (Å²) in [6.07, 6.45) is 0. The fraction of sp³-hybridized carbons (Fsp3) is 0.0164. The molecule has 0 radical (unpaired) electrons. The van der Waals surface area contributed by atoms with Gasteiger partial charge < -0.3 is 0 Å². The van der Waals surface area contributed by atoms with Crippen LogP contribution in [0.1, 0.15) is 22.3 Å². The van der Waals surface area contributed by atoms with Gasteiger partial charge in [-0.1, -0.05) is 224 Å². The number of nitrogens with zero attached hydrogens (tertiary/aromatic N) is 2. The summed E-state index contributed by atoms with van der Waals surface area (Å²) in [6, 6.07) is 87.8. The molecule has 0 N–H and O–H groups in total. The van der Waals surface area contributed by atoms with Gasteiger partial charge in [-0.25, -0.2) is 9.97 Å². The molecule has 12 rings (SSSR count). The number of benzene rings is 10. The van der Waals surface area contributed by atoms with Crippen LogP contribution in [0.4, 0.5) is 0 Å². The van der Waals surface area contributed by atoms with Gasteiger partial charge in [-0.2, -0.15) is 0 Å². The smallest absolute Gasteiger partial charge is 0.161 e. The summed E-state index contributed by atoms with van der Waals surface area (Å²) >= 11 is 0. The van der Waals surface area contributed by atoms with Crippen LogP contribution in [-0.4, -0.2) is 9.97 Å². The molecule has 0 fully saturated rings. The monoisotopic (exact) mass is 800 g/mol. The zero-order valence-electron chi connectivity index (χ0n) is 34.5. The third kappa shape index (κ3) is 5.95. The Bertz CT molecular complexity index is 3390. The van der Waals surface area contributed by atoms with E-state index in [1.165, 1.54) is 60.8 Å². The van der Waals surface area contributed by atoms with E-state index in [9.17, 15) is 0 Å². The highest BCUT2D eigenvalue weighted by molar-refractivity contribution is 6.06. The number of aromatic nitrogens is 2. The lowest BCUT2D eigenvalue weighted by Gasteiger charge is -2.34. The summed E-state index contributed by atoms with van der Waals surface area (Å²) < 4.78 is 0. The molecule has 11 aromatic rings. The van der Waals surface area contributed by atoms with Crippen LogP contribution in [-0.2, 0) is 5.41 Å². The Morgan fingerprint density at radius 3 is 1.41 bits per heavy atom. The summed E-state index contributed by atoms with van der Waals surface area (Å²) in [7, 11) is 0. The molecule has 0 atom stereocenters. The number of rotatable bonds is 7. The summed E-state index contributed by atoms with van der Waals surface area (Å²) in [4.78, 5) is 10.4. The van der Waals surface area contributed by atoms with Crippen molar-refractivity contribution in [3.05, 3.63) is 265 Å². The molecule has 0 saturated carbocycles. The van der Waals surface area contributed by atoms with E-state index in [4.69, 9.17) is 9.97 Å². The zero-order chi connectivity index (χ0) is 41.7. The molecule has 0 bridgehead atoms. The molecule has 1 aliphatic carbocycles. The molecular formula is C61H40N2. The molecule has 0 unspecified atom stereocenters. The van der Waals surface area contributed by atoms with Gasteiger partial charge in [0.1, 0.15) is 0 Å². The predicted octanol–water partition coefficient (Wildman–Crippen LogP) is 15.5. The fourth-order valence-electron chi connectivity index (χ4n) is 10.2. The number of hydrogen-bond acceptors (Lipinski definition) is 2. The second kappa shape index (κ2) is 15.1. The van der Waals surface area contributed by atoms with Gasteiger partial charge >= 0.3 is 0 Å². The molecule has 0 saturated heterocycles. The lowest BCUT2D eigenvalue weighted by molar-refractivity contribution is 0.775. The number of fused-ring (bicyclic) bond motifs is 6. The molecule has 1 heterocycles. The van der Waals surface area contributed by atoms with Crippen LogP contribution in [0.15, 0.2) is 243 Å². The summed E-state index contributed by atoms with van der Waals surface area (Å²) in [6.45, 7) is 0. The molecule has 294 valence electrons. The Morgan fingerprint density at radius 2 is 0.778 bits per heavy atom. The third-order valence-corrected chi connectivity index (χ3v) is 13.0. The maximum absolute atomic E-state index is 5.22. The SMILES string of the molecule is c1ccc(-c2cc(-c3ccccc3)nc(-c3ccc(-c4cccc(-c5cccc6c5-c5ccc7ccccc7c5C6(c5ccccc5)c5ccccc5)c4)c4ccccc34)n2)cc1. The van der Waals surface area contributed by atoms with Gasteiger partial charge in [0.2, 0.25) is 0 Å². The third-order valence-electron chi connectivity index (χ3n) is 13.0. The lowest BCUT2D eigenvalue weighted by Crippen LogP contribution is -2.28. The minimum absolute atomic E-state index is 0.520. The Kier molecular flexibility index (Phi) is 8.76. The van der Waals surface area contributed by atoms with Gasteiger partial charge in [0.05, 0.1) is 16.8 Å². The molecule has 63 heavy (non-hydrogen) atoms. The van der Waals surface area contributed by atoms with Gasteiger partial charge in [-0.3, -0.25) is 0 Å². The van der Waals surface area contributed by atoms with Crippen LogP contribution in [0.2, 0.25) is 0 Å². The van der Waals surface area contributed by atoms with E-state index in [0.717, 1.165) is 44.4 Å². The van der Waals surface area contributed by atoms with E-state index in [-0.39, 0.29) is 0 Å². The largest absolute Gasteiger partial charge is 0.228 e. The Morgan fingerprint density at radius 1 is 0.302 bits per heavy atom. The highest BCUT2D eigenvalue weighted by atomic mass is 14.9. The average Bonchev–Trinajstić information content (AvgIpc) is 3.69. The molecule has 2 nitrogen and oxygen atoms in total. The van der Waals surface area contributed by atoms with Gasteiger partial charge in [-0.15, -0.1) is 0 Å². The Labute approximate surface area is 367 Å². The van der Waals surface area contributed by atoms with E-state index < -0.39 is 5.41 Å². The normalized spacial score (nSPS) is 12.6. The molecule has 0 amide bonds. The predicted molar refractivity (Wildman–Crippen MR) is 262 cm³/mol. The molecule has 0 aliphatic heterocycles. The van der Waals surface area contributed by atoms with E-state index in [0.29, 0.717) is 5.82 Å². The minimum Gasteiger partial charge on any atom is -0.228 e. The lowest BCUT2D eigenvalue weighted by atomic mass is 9.66. The number of hydrogen-bond donors (Lipinski definition) is 0. The molecule has 2 heteroatoms. The van der Waals surface area contributed by atoms with Crippen LogP contribution in [0.5, 0.6) is 0 Å².